The summed E-state index contributed by atoms with van der Waals surface area (Å²) < 4.78 is 13.8. The Morgan fingerprint density at radius 3 is 2.62 bits per heavy atom. The molecule has 4 heteroatoms. The smallest absolute Gasteiger partial charge is 0.137 e. The van der Waals surface area contributed by atoms with E-state index in [1.54, 1.807) is 6.07 Å². The molecule has 0 N–H and O–H groups in total. The molecule has 1 aromatic carbocycles. The highest BCUT2D eigenvalue weighted by atomic mass is 79.9. The van der Waals surface area contributed by atoms with Crippen LogP contribution in [0.4, 0.5) is 4.39 Å². The first-order chi connectivity index (χ1) is 7.66. The van der Waals surface area contributed by atoms with E-state index in [1.807, 2.05) is 0 Å². The summed E-state index contributed by atoms with van der Waals surface area (Å²) in [5.41, 5.74) is 0.879. The fourth-order valence-electron chi connectivity index (χ4n) is 2.04. The van der Waals surface area contributed by atoms with Crippen LogP contribution in [0.15, 0.2) is 16.6 Å². The van der Waals surface area contributed by atoms with Crippen molar-refractivity contribution < 1.29 is 4.39 Å². The molecule has 1 aromatic rings. The third kappa shape index (κ3) is 2.96. The molecule has 0 amide bonds. The highest BCUT2D eigenvalue weighted by Crippen LogP contribution is 2.26. The van der Waals surface area contributed by atoms with Gasteiger partial charge in [0.05, 0.1) is 4.47 Å². The number of hydrogen-bond donors (Lipinski definition) is 0. The Morgan fingerprint density at radius 2 is 1.94 bits per heavy atom. The van der Waals surface area contributed by atoms with Crippen LogP contribution in [0.5, 0.6) is 0 Å². The summed E-state index contributed by atoms with van der Waals surface area (Å²) in [7, 11) is 0. The van der Waals surface area contributed by atoms with Crippen molar-refractivity contribution in [3.8, 4) is 0 Å². The minimum absolute atomic E-state index is 0.239. The van der Waals surface area contributed by atoms with Crippen LogP contribution in [-0.4, -0.2) is 18.0 Å². The number of rotatable bonds is 2. The lowest BCUT2D eigenvalue weighted by atomic mass is 10.1. The quantitative estimate of drug-likeness (QED) is 0.739. The molecule has 88 valence electrons. The zero-order chi connectivity index (χ0) is 11.5. The van der Waals surface area contributed by atoms with E-state index in [2.05, 4.69) is 20.8 Å². The summed E-state index contributed by atoms with van der Waals surface area (Å²) in [6.07, 6.45) is 3.77. The molecular formula is C12H14BrClFN. The molecule has 0 aromatic heterocycles. The molecule has 1 fully saturated rings. The molecule has 1 saturated heterocycles. The zero-order valence-electron chi connectivity index (χ0n) is 8.98. The van der Waals surface area contributed by atoms with Crippen LogP contribution in [0.1, 0.15) is 24.8 Å². The van der Waals surface area contributed by atoms with Gasteiger partial charge in [-0.25, -0.2) is 4.39 Å². The Kier molecular flexibility index (Phi) is 4.22. The van der Waals surface area contributed by atoms with E-state index in [-0.39, 0.29) is 5.82 Å². The molecule has 1 aliphatic rings. The lowest BCUT2D eigenvalue weighted by Gasteiger charge is -2.26. The van der Waals surface area contributed by atoms with Gasteiger partial charge >= 0.3 is 0 Å². The lowest BCUT2D eigenvalue weighted by Crippen LogP contribution is -2.29. The largest absolute Gasteiger partial charge is 0.299 e. The average molecular weight is 307 g/mol. The average Bonchev–Trinajstić information content (AvgIpc) is 2.27. The molecular weight excluding hydrogens is 292 g/mol. The Bertz CT molecular complexity index is 378. The monoisotopic (exact) mass is 305 g/mol. The fourth-order valence-corrected chi connectivity index (χ4v) is 2.74. The number of halogens is 3. The van der Waals surface area contributed by atoms with Gasteiger partial charge in [-0.15, -0.1) is 0 Å². The van der Waals surface area contributed by atoms with Crippen LogP contribution in [0.25, 0.3) is 0 Å². The molecule has 1 heterocycles. The third-order valence-corrected chi connectivity index (χ3v) is 3.89. The van der Waals surface area contributed by atoms with E-state index >= 15 is 0 Å². The van der Waals surface area contributed by atoms with Crippen LogP contribution in [-0.2, 0) is 6.54 Å². The molecule has 0 bridgehead atoms. The van der Waals surface area contributed by atoms with Gasteiger partial charge in [0.2, 0.25) is 0 Å². The Balaban J connectivity index is 2.11. The predicted molar refractivity (Wildman–Crippen MR) is 68.2 cm³/mol. The summed E-state index contributed by atoms with van der Waals surface area (Å²) in [6.45, 7) is 2.94. The van der Waals surface area contributed by atoms with Crippen molar-refractivity contribution in [3.05, 3.63) is 33.0 Å². The zero-order valence-corrected chi connectivity index (χ0v) is 11.3. The van der Waals surface area contributed by atoms with Crippen LogP contribution in [0.2, 0.25) is 5.02 Å². The summed E-state index contributed by atoms with van der Waals surface area (Å²) in [5.74, 6) is -0.239. The molecule has 16 heavy (non-hydrogen) atoms. The van der Waals surface area contributed by atoms with Crippen molar-refractivity contribution in [1.29, 1.82) is 0 Å². The maximum absolute atomic E-state index is 13.4. The topological polar surface area (TPSA) is 3.24 Å². The number of likely N-dealkylation sites (tertiary alicyclic amines) is 1. The van der Waals surface area contributed by atoms with Crippen molar-refractivity contribution >= 4 is 27.5 Å². The first-order valence-electron chi connectivity index (χ1n) is 5.52. The predicted octanol–water partition coefficient (Wildman–Crippen LogP) is 4.23. The van der Waals surface area contributed by atoms with Gasteiger partial charge in [0.25, 0.3) is 0 Å². The maximum atomic E-state index is 13.4. The van der Waals surface area contributed by atoms with Gasteiger partial charge in [0, 0.05) is 11.6 Å². The third-order valence-electron chi connectivity index (χ3n) is 2.93. The summed E-state index contributed by atoms with van der Waals surface area (Å²) in [4.78, 5) is 2.33. The summed E-state index contributed by atoms with van der Waals surface area (Å²) >= 11 is 9.23. The Labute approximate surface area is 109 Å². The van der Waals surface area contributed by atoms with E-state index in [0.29, 0.717) is 9.50 Å². The molecule has 1 nitrogen and oxygen atoms in total. The molecule has 0 radical (unpaired) electrons. The standard InChI is InChI=1S/C12H14BrClFN/c13-10-7-11(14)9(6-12(10)15)8-16-4-2-1-3-5-16/h6-7H,1-5,8H2. The highest BCUT2D eigenvalue weighted by molar-refractivity contribution is 9.10. The van der Waals surface area contributed by atoms with Crippen molar-refractivity contribution in [2.24, 2.45) is 0 Å². The fraction of sp³-hybridized carbons (Fsp3) is 0.500. The molecule has 0 atom stereocenters. The second kappa shape index (κ2) is 5.48. The maximum Gasteiger partial charge on any atom is 0.137 e. The Hall–Kier alpha value is -0.120. The second-order valence-corrected chi connectivity index (χ2v) is 5.46. The summed E-state index contributed by atoms with van der Waals surface area (Å²) in [5, 5.41) is 0.638. The van der Waals surface area contributed by atoms with Crippen molar-refractivity contribution in [2.45, 2.75) is 25.8 Å². The minimum Gasteiger partial charge on any atom is -0.299 e. The molecule has 0 unspecified atom stereocenters. The molecule has 0 spiro atoms. The van der Waals surface area contributed by atoms with Gasteiger partial charge in [-0.3, -0.25) is 4.90 Å². The van der Waals surface area contributed by atoms with Crippen LogP contribution in [0, 0.1) is 5.82 Å². The van der Waals surface area contributed by atoms with E-state index in [4.69, 9.17) is 11.6 Å². The number of benzene rings is 1. The van der Waals surface area contributed by atoms with Crippen molar-refractivity contribution in [2.75, 3.05) is 13.1 Å². The van der Waals surface area contributed by atoms with Crippen molar-refractivity contribution in [3.63, 3.8) is 0 Å². The van der Waals surface area contributed by atoms with Gasteiger partial charge < -0.3 is 0 Å². The van der Waals surface area contributed by atoms with E-state index in [1.165, 1.54) is 25.3 Å². The first-order valence-corrected chi connectivity index (χ1v) is 6.69. The normalized spacial score (nSPS) is 17.7. The van der Waals surface area contributed by atoms with Crippen molar-refractivity contribution in [1.82, 2.24) is 4.90 Å². The first kappa shape index (κ1) is 12.3. The minimum atomic E-state index is -0.239. The lowest BCUT2D eigenvalue weighted by molar-refractivity contribution is 0.220. The second-order valence-electron chi connectivity index (χ2n) is 4.19. The van der Waals surface area contributed by atoms with Gasteiger partial charge in [0.1, 0.15) is 5.82 Å². The van der Waals surface area contributed by atoms with E-state index in [9.17, 15) is 4.39 Å². The van der Waals surface area contributed by atoms with Gasteiger partial charge in [0.15, 0.2) is 0 Å². The summed E-state index contributed by atoms with van der Waals surface area (Å²) in [6, 6.07) is 3.16. The molecule has 2 rings (SSSR count). The van der Waals surface area contributed by atoms with Crippen LogP contribution < -0.4 is 0 Å². The highest BCUT2D eigenvalue weighted by Gasteiger charge is 2.13. The molecule has 0 aliphatic carbocycles. The van der Waals surface area contributed by atoms with E-state index in [0.717, 1.165) is 25.2 Å². The van der Waals surface area contributed by atoms with Gasteiger partial charge in [-0.2, -0.15) is 0 Å². The Morgan fingerprint density at radius 1 is 1.25 bits per heavy atom. The number of piperidine rings is 1. The number of nitrogens with zero attached hydrogens (tertiary/aromatic N) is 1. The molecule has 1 aliphatic heterocycles. The molecule has 0 saturated carbocycles. The SMILES string of the molecule is Fc1cc(CN2CCCCC2)c(Cl)cc1Br. The van der Waals surface area contributed by atoms with Crippen LogP contribution in [0.3, 0.4) is 0 Å². The number of hydrogen-bond acceptors (Lipinski definition) is 1. The van der Waals surface area contributed by atoms with E-state index < -0.39 is 0 Å². The van der Waals surface area contributed by atoms with Crippen LogP contribution >= 0.6 is 27.5 Å². The van der Waals surface area contributed by atoms with Gasteiger partial charge in [-0.1, -0.05) is 18.0 Å². The van der Waals surface area contributed by atoms with Gasteiger partial charge in [-0.05, 0) is 59.6 Å².